The van der Waals surface area contributed by atoms with Gasteiger partial charge in [-0.25, -0.2) is 4.68 Å². The summed E-state index contributed by atoms with van der Waals surface area (Å²) >= 11 is 0. The molecule has 0 saturated heterocycles. The van der Waals surface area contributed by atoms with E-state index in [0.29, 0.717) is 12.8 Å². The van der Waals surface area contributed by atoms with Gasteiger partial charge in [-0.3, -0.25) is 9.48 Å². The highest BCUT2D eigenvalue weighted by Crippen LogP contribution is 2.20. The molecule has 0 unspecified atom stereocenters. The minimum absolute atomic E-state index is 0.0389. The zero-order valence-electron chi connectivity index (χ0n) is 16.7. The molecule has 0 bridgehead atoms. The number of aromatic nitrogens is 4. The quantitative estimate of drug-likeness (QED) is 0.729. The monoisotopic (exact) mass is 365 g/mol. The predicted molar refractivity (Wildman–Crippen MR) is 106 cm³/mol. The number of aryl methyl sites for hydroxylation is 2. The van der Waals surface area contributed by atoms with Crippen LogP contribution in [-0.2, 0) is 18.3 Å². The first-order chi connectivity index (χ1) is 12.9. The first-order valence-corrected chi connectivity index (χ1v) is 9.27. The van der Waals surface area contributed by atoms with E-state index in [-0.39, 0.29) is 11.9 Å². The number of carbonyl (C=O) groups is 1. The molecule has 2 heterocycles. The molecule has 1 amide bonds. The number of rotatable bonds is 6. The van der Waals surface area contributed by atoms with E-state index < -0.39 is 0 Å². The van der Waals surface area contributed by atoms with E-state index in [1.807, 2.05) is 80.6 Å². The zero-order chi connectivity index (χ0) is 19.6. The van der Waals surface area contributed by atoms with Crippen LogP contribution in [0, 0.1) is 20.8 Å². The van der Waals surface area contributed by atoms with Crippen molar-refractivity contribution < 1.29 is 4.79 Å². The van der Waals surface area contributed by atoms with Gasteiger partial charge in [-0.05, 0) is 51.8 Å². The molecule has 6 heteroatoms. The van der Waals surface area contributed by atoms with Gasteiger partial charge in [0.1, 0.15) is 0 Å². The lowest BCUT2D eigenvalue weighted by Gasteiger charge is -2.14. The average Bonchev–Trinajstić information content (AvgIpc) is 3.14. The summed E-state index contributed by atoms with van der Waals surface area (Å²) in [5.41, 5.74) is 6.36. The van der Waals surface area contributed by atoms with Crippen molar-refractivity contribution >= 4 is 5.91 Å². The summed E-state index contributed by atoms with van der Waals surface area (Å²) in [6.45, 7) is 8.06. The van der Waals surface area contributed by atoms with Gasteiger partial charge in [-0.2, -0.15) is 10.2 Å². The second-order valence-electron chi connectivity index (χ2n) is 6.99. The van der Waals surface area contributed by atoms with Gasteiger partial charge in [0.05, 0.1) is 23.6 Å². The Morgan fingerprint density at radius 3 is 2.48 bits per heavy atom. The molecule has 0 radical (unpaired) electrons. The summed E-state index contributed by atoms with van der Waals surface area (Å²) in [5.74, 6) is 0.0389. The third-order valence-electron chi connectivity index (χ3n) is 5.15. The maximum atomic E-state index is 12.5. The fourth-order valence-electron chi connectivity index (χ4n) is 3.49. The number of carbonyl (C=O) groups excluding carboxylic acids is 1. The molecule has 3 rings (SSSR count). The second kappa shape index (κ2) is 7.78. The largest absolute Gasteiger partial charge is 0.349 e. The van der Waals surface area contributed by atoms with Gasteiger partial charge in [0.15, 0.2) is 0 Å². The minimum atomic E-state index is -0.0916. The third-order valence-corrected chi connectivity index (χ3v) is 5.15. The Hall–Kier alpha value is -2.89. The summed E-state index contributed by atoms with van der Waals surface area (Å²) in [7, 11) is 1.93. The van der Waals surface area contributed by atoms with Crippen molar-refractivity contribution in [3.8, 4) is 5.69 Å². The molecule has 0 saturated carbocycles. The zero-order valence-corrected chi connectivity index (χ0v) is 16.7. The average molecular weight is 365 g/mol. The topological polar surface area (TPSA) is 64.7 Å². The van der Waals surface area contributed by atoms with Crippen LogP contribution in [0.3, 0.4) is 0 Å². The lowest BCUT2D eigenvalue weighted by molar-refractivity contribution is -0.121. The van der Waals surface area contributed by atoms with E-state index in [1.54, 1.807) is 0 Å². The normalized spacial score (nSPS) is 12.2. The maximum absolute atomic E-state index is 12.5. The van der Waals surface area contributed by atoms with E-state index in [1.165, 1.54) is 0 Å². The smallest absolute Gasteiger partial charge is 0.220 e. The summed E-state index contributed by atoms with van der Waals surface area (Å²) in [5, 5.41) is 12.0. The number of amides is 1. The van der Waals surface area contributed by atoms with Crippen LogP contribution in [0.25, 0.3) is 5.69 Å². The molecule has 0 aliphatic rings. The summed E-state index contributed by atoms with van der Waals surface area (Å²) in [4.78, 5) is 12.5. The van der Waals surface area contributed by atoms with Crippen molar-refractivity contribution in [3.05, 3.63) is 64.7 Å². The first-order valence-electron chi connectivity index (χ1n) is 9.27. The Labute approximate surface area is 160 Å². The van der Waals surface area contributed by atoms with Gasteiger partial charge < -0.3 is 5.32 Å². The molecule has 0 aliphatic heterocycles. The number of benzene rings is 1. The van der Waals surface area contributed by atoms with Crippen LogP contribution >= 0.6 is 0 Å². The van der Waals surface area contributed by atoms with Crippen molar-refractivity contribution in [2.45, 2.75) is 46.6 Å². The van der Waals surface area contributed by atoms with Gasteiger partial charge in [0.25, 0.3) is 0 Å². The molecule has 0 spiro atoms. The van der Waals surface area contributed by atoms with E-state index in [0.717, 1.165) is 33.9 Å². The molecule has 0 fully saturated rings. The molecular weight excluding hydrogens is 338 g/mol. The SMILES string of the molecule is Cc1nn(C)c(C)c1CCC(=O)N[C@@H](C)c1cnn(-c2ccccc2)c1C. The highest BCUT2D eigenvalue weighted by molar-refractivity contribution is 5.76. The number of hydrogen-bond acceptors (Lipinski definition) is 3. The van der Waals surface area contributed by atoms with Gasteiger partial charge in [-0.1, -0.05) is 18.2 Å². The van der Waals surface area contributed by atoms with Crippen molar-refractivity contribution in [2.24, 2.45) is 7.05 Å². The van der Waals surface area contributed by atoms with Crippen molar-refractivity contribution in [1.82, 2.24) is 24.9 Å². The molecule has 1 N–H and O–H groups in total. The lowest BCUT2D eigenvalue weighted by atomic mass is 10.1. The summed E-state index contributed by atoms with van der Waals surface area (Å²) in [6.07, 6.45) is 2.98. The van der Waals surface area contributed by atoms with Crippen molar-refractivity contribution in [3.63, 3.8) is 0 Å². The highest BCUT2D eigenvalue weighted by Gasteiger charge is 2.17. The van der Waals surface area contributed by atoms with E-state index in [2.05, 4.69) is 15.5 Å². The molecule has 1 atom stereocenters. The Bertz CT molecular complexity index is 939. The molecule has 3 aromatic rings. The maximum Gasteiger partial charge on any atom is 0.220 e. The van der Waals surface area contributed by atoms with E-state index in [9.17, 15) is 4.79 Å². The number of nitrogens with one attached hydrogen (secondary N) is 1. The molecule has 142 valence electrons. The van der Waals surface area contributed by atoms with Crippen molar-refractivity contribution in [2.75, 3.05) is 0 Å². The molecular formula is C21H27N5O. The predicted octanol–water partition coefficient (Wildman–Crippen LogP) is 3.34. The standard InChI is InChI=1S/C21H27N5O/c1-14(20-13-22-26(17(20)4)18-9-7-6-8-10-18)23-21(27)12-11-19-15(2)24-25(5)16(19)3/h6-10,13-14H,11-12H2,1-5H3,(H,23,27)/t14-/m0/s1. The number of para-hydroxylation sites is 1. The Morgan fingerprint density at radius 1 is 1.15 bits per heavy atom. The summed E-state index contributed by atoms with van der Waals surface area (Å²) in [6, 6.07) is 9.91. The fourth-order valence-corrected chi connectivity index (χ4v) is 3.49. The first kappa shape index (κ1) is 18.9. The van der Waals surface area contributed by atoms with Gasteiger partial charge in [-0.15, -0.1) is 0 Å². The van der Waals surface area contributed by atoms with Crippen LogP contribution < -0.4 is 5.32 Å². The van der Waals surface area contributed by atoms with Gasteiger partial charge in [0.2, 0.25) is 5.91 Å². The molecule has 0 aliphatic carbocycles. The Morgan fingerprint density at radius 2 is 1.85 bits per heavy atom. The van der Waals surface area contributed by atoms with Crippen LogP contribution in [0.15, 0.2) is 36.5 Å². The van der Waals surface area contributed by atoms with Gasteiger partial charge >= 0.3 is 0 Å². The molecule has 6 nitrogen and oxygen atoms in total. The fraction of sp³-hybridized carbons (Fsp3) is 0.381. The molecule has 2 aromatic heterocycles. The van der Waals surface area contributed by atoms with E-state index in [4.69, 9.17) is 0 Å². The third kappa shape index (κ3) is 3.94. The Kier molecular flexibility index (Phi) is 5.44. The lowest BCUT2D eigenvalue weighted by Crippen LogP contribution is -2.27. The minimum Gasteiger partial charge on any atom is -0.349 e. The second-order valence-corrected chi connectivity index (χ2v) is 6.99. The van der Waals surface area contributed by atoms with Gasteiger partial charge in [0, 0.05) is 30.4 Å². The number of nitrogens with zero attached hydrogens (tertiary/aromatic N) is 4. The molecule has 27 heavy (non-hydrogen) atoms. The van der Waals surface area contributed by atoms with Crippen LogP contribution in [0.1, 0.15) is 47.6 Å². The highest BCUT2D eigenvalue weighted by atomic mass is 16.1. The number of hydrogen-bond donors (Lipinski definition) is 1. The molecule has 1 aromatic carbocycles. The van der Waals surface area contributed by atoms with Crippen LogP contribution in [-0.4, -0.2) is 25.5 Å². The van der Waals surface area contributed by atoms with Crippen LogP contribution in [0.5, 0.6) is 0 Å². The van der Waals surface area contributed by atoms with Crippen LogP contribution in [0.2, 0.25) is 0 Å². The van der Waals surface area contributed by atoms with Crippen molar-refractivity contribution in [1.29, 1.82) is 0 Å². The summed E-state index contributed by atoms with van der Waals surface area (Å²) < 4.78 is 3.77. The van der Waals surface area contributed by atoms with E-state index >= 15 is 0 Å². The van der Waals surface area contributed by atoms with Crippen LogP contribution in [0.4, 0.5) is 0 Å². The Balaban J connectivity index is 1.64.